The van der Waals surface area contributed by atoms with E-state index < -0.39 is 0 Å². The normalized spacial score (nSPS) is 10.4. The summed E-state index contributed by atoms with van der Waals surface area (Å²) in [5.41, 5.74) is 38.8. The number of fused-ring (bicyclic) bond motifs is 1. The van der Waals surface area contributed by atoms with Crippen LogP contribution in [0.25, 0.3) is 101 Å². The van der Waals surface area contributed by atoms with E-state index in [0.717, 1.165) is 130 Å². The summed E-state index contributed by atoms with van der Waals surface area (Å²) in [6.45, 7) is 37.9. The largest absolute Gasteiger partial charge is 1.00 e. The zero-order valence-electron chi connectivity index (χ0n) is 83.2. The molecule has 728 valence electrons. The first kappa shape index (κ1) is 117. The van der Waals surface area contributed by atoms with Gasteiger partial charge in [-0.25, -0.2) is 18.7 Å². The molecule has 0 saturated carbocycles. The van der Waals surface area contributed by atoms with Crippen LogP contribution in [0.2, 0.25) is 0 Å². The van der Waals surface area contributed by atoms with Gasteiger partial charge in [0, 0.05) is 220 Å². The highest BCUT2D eigenvalue weighted by Crippen LogP contribution is 2.33. The highest BCUT2D eigenvalue weighted by atomic mass is 79.9. The molecule has 0 aliphatic heterocycles. The maximum absolute atomic E-state index is 5.07. The van der Waals surface area contributed by atoms with Crippen molar-refractivity contribution < 1.29 is 142 Å². The molecule has 0 atom stereocenters. The van der Waals surface area contributed by atoms with E-state index in [-0.39, 0.29) is 110 Å². The van der Waals surface area contributed by atoms with Gasteiger partial charge in [0.2, 0.25) is 0 Å². The predicted octanol–water partition coefficient (Wildman–Crippen LogP) is 1.85. The second-order valence-corrected chi connectivity index (χ2v) is 37.1. The zero-order chi connectivity index (χ0) is 94.0. The van der Waals surface area contributed by atoms with Crippen molar-refractivity contribution in [1.82, 2.24) is 34.9 Å². The van der Waals surface area contributed by atoms with Crippen molar-refractivity contribution in [3.63, 3.8) is 0 Å². The van der Waals surface area contributed by atoms with Gasteiger partial charge in [-0.1, -0.05) is 145 Å². The third-order valence-electron chi connectivity index (χ3n) is 24.5. The van der Waals surface area contributed by atoms with Crippen molar-refractivity contribution in [3.8, 4) is 90.1 Å². The Kier molecular flexibility index (Phi) is 48.0. The topological polar surface area (TPSA) is 117 Å². The summed E-state index contributed by atoms with van der Waals surface area (Å²) in [4.78, 5) is 32.3. The van der Waals surface area contributed by atoms with Crippen LogP contribution < -0.4 is 142 Å². The number of rotatable bonds is 24. The highest BCUT2D eigenvalue weighted by Gasteiger charge is 2.22. The molecule has 0 spiro atoms. The fraction of sp³-hybridized carbons (Fsp3) is 0.220. The first-order chi connectivity index (χ1) is 65.0. The average molecular weight is 2270 g/mol. The van der Waals surface area contributed by atoms with E-state index in [1.807, 2.05) is 118 Å². The average Bonchev–Trinajstić information content (AvgIpc) is 0.787. The number of benzene rings is 4. The minimum absolute atomic E-state index is 0. The summed E-state index contributed by atoms with van der Waals surface area (Å²) in [5, 5.41) is 2.48. The lowest BCUT2D eigenvalue weighted by Gasteiger charge is -2.11. The Bertz CT molecular complexity index is 6840. The van der Waals surface area contributed by atoms with E-state index in [9.17, 15) is 0 Å². The molecule has 0 bridgehead atoms. The van der Waals surface area contributed by atoms with E-state index in [0.29, 0.717) is 0 Å². The molecule has 14 aromatic heterocycles. The second-order valence-electron chi connectivity index (χ2n) is 34.6. The monoisotopic (exact) mass is 2270 g/mol. The molecular weight excluding hydrogens is 2150 g/mol. The molecule has 0 N–H and O–H groups in total. The predicted molar refractivity (Wildman–Crippen MR) is 550 cm³/mol. The molecule has 14 nitrogen and oxygen atoms in total. The van der Waals surface area contributed by atoms with Crippen LogP contribution in [-0.4, -0.2) is 57.9 Å². The molecule has 0 aliphatic carbocycles. The highest BCUT2D eigenvalue weighted by molar-refractivity contribution is 7.99. The maximum atomic E-state index is 5.07. The summed E-state index contributed by atoms with van der Waals surface area (Å²) in [7, 11) is 2.04. The fourth-order valence-electron chi connectivity index (χ4n) is 16.5. The zero-order valence-corrected chi connectivity index (χ0v) is 94.3. The van der Waals surface area contributed by atoms with Crippen molar-refractivity contribution >= 4 is 34.3 Å². The Labute approximate surface area is 908 Å². The van der Waals surface area contributed by atoms with Crippen LogP contribution in [0.4, 0.5) is 0 Å². The van der Waals surface area contributed by atoms with Crippen molar-refractivity contribution in [2.75, 3.05) is 23.0 Å². The summed E-state index contributed by atoms with van der Waals surface area (Å²) < 4.78 is 16.1. The Balaban J connectivity index is 0.000000241. The van der Waals surface area contributed by atoms with E-state index in [2.05, 4.69) is 421 Å². The fourth-order valence-corrected chi connectivity index (χ4v) is 18.1. The maximum Gasteiger partial charge on any atom is 0.181 e. The van der Waals surface area contributed by atoms with Crippen molar-refractivity contribution in [3.05, 3.63) is 443 Å². The van der Waals surface area contributed by atoms with Gasteiger partial charge in [-0.3, -0.25) is 29.9 Å². The third kappa shape index (κ3) is 33.0. The number of nitrogens with zero attached hydrogens (tertiary/aromatic N) is 14. The minimum atomic E-state index is 0. The van der Waals surface area contributed by atoms with Crippen molar-refractivity contribution in [2.24, 2.45) is 7.05 Å². The van der Waals surface area contributed by atoms with Crippen LogP contribution in [0.5, 0.6) is 0 Å². The Hall–Kier alpha value is -11.1. The Morgan fingerprint density at radius 1 is 0.291 bits per heavy atom. The molecule has 23 heteroatoms. The lowest BCUT2D eigenvalue weighted by molar-refractivity contribution is -0.705. The smallest absolute Gasteiger partial charge is 0.181 e. The SMILES string of the molecule is Cc1cc(-c2ccccn2)cc(C)[n+]1CCSCC[n+]1c(C)cc(-c2ccccn2)cc1C.Cc1ccc(-c2cc[n+](C)c(C)c2)nc1.Cc1ccc(-c2cc[n+](Cc3ccccc3)cc2)nc1-c1cccc2ccccc12.Cc1ccc(C[n+]2cc(-c3ccc(C)c(C)n3)cc(C)c2C)cc1.Cc1cccc(-c2cc[n+](CCSCC[n+]3c(C)cc(-c4ccccn4)cc3C)cc2)n1.[Br-].[Br-].[Br-].[Br-].[Br-].[Cl-].[Cl-]. The summed E-state index contributed by atoms with van der Waals surface area (Å²) in [5.74, 6) is 4.39. The first-order valence-electron chi connectivity index (χ1n) is 46.3. The van der Waals surface area contributed by atoms with Crippen LogP contribution in [0.1, 0.15) is 95.9 Å². The minimum Gasteiger partial charge on any atom is -1.00 e. The van der Waals surface area contributed by atoms with Gasteiger partial charge in [0.15, 0.2) is 122 Å². The van der Waals surface area contributed by atoms with Gasteiger partial charge in [-0.15, -0.1) is 23.5 Å². The van der Waals surface area contributed by atoms with Crippen molar-refractivity contribution in [1.29, 1.82) is 0 Å². The molecule has 18 aromatic rings. The van der Waals surface area contributed by atoms with Gasteiger partial charge in [-0.05, 0) is 149 Å². The standard InChI is InChI=1S/C28H32N4S.C28H23N2.C27H30N4S.C22H25N2.C13H15N2.5BrH.2ClH/c1-21-17-25(27-9-5-7-11-29-27)18-22(2)31(21)13-15-33-16-14-32-23(3)19-26(20-24(32)4)28-10-6-8-12-30-28;1-21-14-15-27(24-16-18-30(19-17-24)20-22-8-3-2-4-9-22)29-28(21)26-13-7-11-23-10-5-6-12-25(23)26;1-21-7-6-9-27(29-21)24-10-13-30(14-11-24)15-17-32-18-16-31-22(2)19-25(20-23(31)3)26-8-4-5-12-28-26;1-15-6-9-20(10-7-15)13-24-14-21(12-17(3)19(24)5)22-11-8-16(2)18(4)23-22;1-10-4-5-13(14-9-10)12-6-7-15(3)11(2)8-12;;;;;;;/h5-12,17-20H,13-16H2,1-4H3;2-19H,20H2,1H3;4-14,19-20H,15-18H2,1-3H3;6-12,14H,13H2,1-5H3;4-9H,1-3H3;7*1H/q+2;+1;+2;2*+1;;;;;;;/p-7. The quantitative estimate of drug-likeness (QED) is 0.0661. The number of halogens is 7. The van der Waals surface area contributed by atoms with Gasteiger partial charge in [-0.2, -0.15) is 18.3 Å². The van der Waals surface area contributed by atoms with Crippen molar-refractivity contribution in [2.45, 2.75) is 143 Å². The summed E-state index contributed by atoms with van der Waals surface area (Å²) in [6.07, 6.45) is 20.3. The molecule has 18 rings (SSSR count). The van der Waals surface area contributed by atoms with Gasteiger partial charge >= 0.3 is 0 Å². The molecule has 141 heavy (non-hydrogen) atoms. The number of pyridine rings is 14. The summed E-state index contributed by atoms with van der Waals surface area (Å²) in [6, 6.07) is 99.7. The molecule has 0 amide bonds. The molecule has 0 unspecified atom stereocenters. The van der Waals surface area contributed by atoms with Crippen LogP contribution in [0, 0.1) is 104 Å². The Morgan fingerprint density at radius 3 is 1.20 bits per heavy atom. The van der Waals surface area contributed by atoms with Crippen LogP contribution in [0.15, 0.2) is 347 Å². The van der Waals surface area contributed by atoms with Gasteiger partial charge < -0.3 is 110 Å². The third-order valence-corrected chi connectivity index (χ3v) is 26.4. The second kappa shape index (κ2) is 57.9. The lowest BCUT2D eigenvalue weighted by Crippen LogP contribution is -3.00. The molecule has 0 saturated heterocycles. The number of thioether (sulfide) groups is 2. The Morgan fingerprint density at radius 2 is 0.709 bits per heavy atom. The molecule has 0 fully saturated rings. The number of aromatic nitrogens is 14. The first-order valence-corrected chi connectivity index (χ1v) is 48.6. The van der Waals surface area contributed by atoms with Gasteiger partial charge in [0.1, 0.15) is 7.05 Å². The molecule has 0 aliphatic rings. The molecule has 14 heterocycles. The van der Waals surface area contributed by atoms with Crippen LogP contribution in [-0.2, 0) is 46.3 Å². The van der Waals surface area contributed by atoms with E-state index in [1.165, 1.54) is 129 Å². The molecule has 0 radical (unpaired) electrons. The van der Waals surface area contributed by atoms with E-state index >= 15 is 0 Å². The van der Waals surface area contributed by atoms with Crippen LogP contribution in [0.3, 0.4) is 0 Å². The summed E-state index contributed by atoms with van der Waals surface area (Å²) >= 11 is 4.01. The van der Waals surface area contributed by atoms with E-state index in [1.54, 1.807) is 0 Å². The van der Waals surface area contributed by atoms with Gasteiger partial charge in [0.05, 0.1) is 74.1 Å². The molecule has 4 aromatic carbocycles. The van der Waals surface area contributed by atoms with Gasteiger partial charge in [0.25, 0.3) is 0 Å². The lowest BCUT2D eigenvalue weighted by atomic mass is 9.98. The van der Waals surface area contributed by atoms with E-state index in [4.69, 9.17) is 9.97 Å². The van der Waals surface area contributed by atoms with Crippen LogP contribution >= 0.6 is 23.5 Å². The number of aryl methyl sites for hydroxylation is 16. The molecular formula is C118H125Br5Cl2N14S2. The number of hydrogen-bond acceptors (Lipinski definition) is 9. The number of hydrogen-bond donors (Lipinski definition) is 0.